The number of oxime groups is 1. The van der Waals surface area contributed by atoms with E-state index in [2.05, 4.69) is 37.2 Å². The number of hydrogen-bond donors (Lipinski definition) is 1. The third-order valence-electron chi connectivity index (χ3n) is 2.12. The molecule has 0 aromatic heterocycles. The highest BCUT2D eigenvalue weighted by atomic mass is 16.4. The van der Waals surface area contributed by atoms with Crippen LogP contribution in [0, 0.1) is 13.8 Å². The predicted molar refractivity (Wildman–Crippen MR) is 54.5 cm³/mol. The second kappa shape index (κ2) is 4.08. The predicted octanol–water partition coefficient (Wildman–Crippen LogP) is 2.70. The number of rotatable bonds is 2. The summed E-state index contributed by atoms with van der Waals surface area (Å²) in [5.74, 6) is 0. The van der Waals surface area contributed by atoms with Gasteiger partial charge in [-0.05, 0) is 31.9 Å². The highest BCUT2D eigenvalue weighted by molar-refractivity contribution is 5.83. The maximum atomic E-state index is 8.53. The molecule has 0 heterocycles. The molecule has 1 N–H and O–H groups in total. The molecule has 0 amide bonds. The van der Waals surface area contributed by atoms with E-state index in [4.69, 9.17) is 5.21 Å². The van der Waals surface area contributed by atoms with Crippen LogP contribution in [0.5, 0.6) is 0 Å². The molecule has 1 rings (SSSR count). The highest BCUT2D eigenvalue weighted by Gasteiger charge is 2.00. The first-order chi connectivity index (χ1) is 6.13. The van der Waals surface area contributed by atoms with Crippen molar-refractivity contribution in [1.82, 2.24) is 0 Å². The second-order valence-corrected chi connectivity index (χ2v) is 3.44. The van der Waals surface area contributed by atoms with Crippen LogP contribution in [-0.2, 0) is 6.42 Å². The van der Waals surface area contributed by atoms with Gasteiger partial charge in [-0.15, -0.1) is 0 Å². The summed E-state index contributed by atoms with van der Waals surface area (Å²) in [6.45, 7) is 5.97. The van der Waals surface area contributed by atoms with Crippen LogP contribution in [0.15, 0.2) is 23.4 Å². The zero-order valence-electron chi connectivity index (χ0n) is 8.33. The molecule has 0 atom stereocenters. The van der Waals surface area contributed by atoms with Crippen molar-refractivity contribution in [2.24, 2.45) is 5.16 Å². The van der Waals surface area contributed by atoms with Crippen molar-refractivity contribution >= 4 is 5.71 Å². The SMILES string of the molecule is C/C(Cc1ccc(C)cc1C)=N/O. The first-order valence-electron chi connectivity index (χ1n) is 4.37. The largest absolute Gasteiger partial charge is 0.411 e. The summed E-state index contributed by atoms with van der Waals surface area (Å²) in [7, 11) is 0. The van der Waals surface area contributed by atoms with E-state index in [0.29, 0.717) is 0 Å². The van der Waals surface area contributed by atoms with Crippen LogP contribution < -0.4 is 0 Å². The van der Waals surface area contributed by atoms with E-state index in [1.807, 2.05) is 6.92 Å². The van der Waals surface area contributed by atoms with Crippen molar-refractivity contribution < 1.29 is 5.21 Å². The Bertz CT molecular complexity index is 329. The van der Waals surface area contributed by atoms with E-state index in [1.165, 1.54) is 16.7 Å². The highest BCUT2D eigenvalue weighted by Crippen LogP contribution is 2.11. The van der Waals surface area contributed by atoms with Gasteiger partial charge in [-0.25, -0.2) is 0 Å². The average Bonchev–Trinajstić information content (AvgIpc) is 2.09. The van der Waals surface area contributed by atoms with Gasteiger partial charge in [0.25, 0.3) is 0 Å². The molecule has 0 aliphatic carbocycles. The van der Waals surface area contributed by atoms with Gasteiger partial charge in [-0.3, -0.25) is 0 Å². The zero-order valence-corrected chi connectivity index (χ0v) is 8.33. The van der Waals surface area contributed by atoms with Gasteiger partial charge < -0.3 is 5.21 Å². The Hall–Kier alpha value is -1.31. The van der Waals surface area contributed by atoms with E-state index in [0.717, 1.165) is 12.1 Å². The minimum Gasteiger partial charge on any atom is -0.411 e. The van der Waals surface area contributed by atoms with Crippen molar-refractivity contribution in [2.45, 2.75) is 27.2 Å². The van der Waals surface area contributed by atoms with E-state index < -0.39 is 0 Å². The molecule has 0 fully saturated rings. The number of benzene rings is 1. The molecule has 0 bridgehead atoms. The Balaban J connectivity index is 2.90. The van der Waals surface area contributed by atoms with Crippen molar-refractivity contribution in [1.29, 1.82) is 0 Å². The van der Waals surface area contributed by atoms with E-state index in [-0.39, 0.29) is 0 Å². The van der Waals surface area contributed by atoms with Crippen molar-refractivity contribution in [3.63, 3.8) is 0 Å². The number of nitrogens with zero attached hydrogens (tertiary/aromatic N) is 1. The van der Waals surface area contributed by atoms with Gasteiger partial charge in [0.1, 0.15) is 0 Å². The lowest BCUT2D eigenvalue weighted by Gasteiger charge is -2.05. The molecule has 2 nitrogen and oxygen atoms in total. The van der Waals surface area contributed by atoms with Crippen molar-refractivity contribution in [3.05, 3.63) is 34.9 Å². The average molecular weight is 177 g/mol. The summed E-state index contributed by atoms with van der Waals surface area (Å²) in [4.78, 5) is 0. The van der Waals surface area contributed by atoms with Crippen molar-refractivity contribution in [3.8, 4) is 0 Å². The van der Waals surface area contributed by atoms with E-state index in [1.54, 1.807) is 0 Å². The standard InChI is InChI=1S/C11H15NO/c1-8-4-5-11(9(2)6-8)7-10(3)12-13/h4-6,13H,7H2,1-3H3/b12-10-. The van der Waals surface area contributed by atoms with E-state index >= 15 is 0 Å². The van der Waals surface area contributed by atoms with Gasteiger partial charge in [0, 0.05) is 6.42 Å². The lowest BCUT2D eigenvalue weighted by molar-refractivity contribution is 0.317. The van der Waals surface area contributed by atoms with Crippen LogP contribution in [0.3, 0.4) is 0 Å². The van der Waals surface area contributed by atoms with Crippen LogP contribution in [0.1, 0.15) is 23.6 Å². The van der Waals surface area contributed by atoms with Crippen LogP contribution in [0.2, 0.25) is 0 Å². The van der Waals surface area contributed by atoms with Crippen LogP contribution in [-0.4, -0.2) is 10.9 Å². The Kier molecular flexibility index (Phi) is 3.07. The monoisotopic (exact) mass is 177 g/mol. The van der Waals surface area contributed by atoms with Gasteiger partial charge in [0.05, 0.1) is 5.71 Å². The molecule has 0 saturated heterocycles. The smallest absolute Gasteiger partial charge is 0.0583 e. The normalized spacial score (nSPS) is 11.8. The molecule has 0 aliphatic heterocycles. The Morgan fingerprint density at radius 2 is 2.08 bits per heavy atom. The topological polar surface area (TPSA) is 32.6 Å². The fraction of sp³-hybridized carbons (Fsp3) is 0.364. The van der Waals surface area contributed by atoms with Gasteiger partial charge in [0.2, 0.25) is 0 Å². The summed E-state index contributed by atoms with van der Waals surface area (Å²) in [5.41, 5.74) is 4.48. The van der Waals surface area contributed by atoms with Crippen molar-refractivity contribution in [2.75, 3.05) is 0 Å². The maximum absolute atomic E-state index is 8.53. The van der Waals surface area contributed by atoms with Crippen LogP contribution >= 0.6 is 0 Å². The molecule has 0 spiro atoms. The maximum Gasteiger partial charge on any atom is 0.0583 e. The summed E-state index contributed by atoms with van der Waals surface area (Å²) in [6, 6.07) is 6.30. The van der Waals surface area contributed by atoms with Gasteiger partial charge >= 0.3 is 0 Å². The fourth-order valence-corrected chi connectivity index (χ4v) is 1.36. The molecule has 0 unspecified atom stereocenters. The lowest BCUT2D eigenvalue weighted by atomic mass is 10.0. The molecule has 2 heteroatoms. The van der Waals surface area contributed by atoms with Crippen LogP contribution in [0.25, 0.3) is 0 Å². The molecular weight excluding hydrogens is 162 g/mol. The first kappa shape index (κ1) is 9.78. The minimum atomic E-state index is 0.725. The molecule has 13 heavy (non-hydrogen) atoms. The third kappa shape index (κ3) is 2.58. The summed E-state index contributed by atoms with van der Waals surface area (Å²) < 4.78 is 0. The lowest BCUT2D eigenvalue weighted by Crippen LogP contribution is -1.99. The molecular formula is C11H15NO. The quantitative estimate of drug-likeness (QED) is 0.420. The Labute approximate surface area is 78.9 Å². The Morgan fingerprint density at radius 1 is 1.38 bits per heavy atom. The Morgan fingerprint density at radius 3 is 2.62 bits per heavy atom. The van der Waals surface area contributed by atoms with Gasteiger partial charge in [0.15, 0.2) is 0 Å². The molecule has 0 aliphatic rings. The fourth-order valence-electron chi connectivity index (χ4n) is 1.36. The number of aryl methyl sites for hydroxylation is 2. The van der Waals surface area contributed by atoms with Gasteiger partial charge in [-0.1, -0.05) is 28.9 Å². The molecule has 70 valence electrons. The summed E-state index contributed by atoms with van der Waals surface area (Å²) >= 11 is 0. The molecule has 1 aromatic carbocycles. The number of hydrogen-bond acceptors (Lipinski definition) is 2. The second-order valence-electron chi connectivity index (χ2n) is 3.44. The van der Waals surface area contributed by atoms with Crippen LogP contribution in [0.4, 0.5) is 0 Å². The summed E-state index contributed by atoms with van der Waals surface area (Å²) in [6.07, 6.45) is 0.725. The zero-order chi connectivity index (χ0) is 9.84. The minimum absolute atomic E-state index is 0.725. The first-order valence-corrected chi connectivity index (χ1v) is 4.37. The molecule has 1 aromatic rings. The summed E-state index contributed by atoms with van der Waals surface area (Å²) in [5, 5.41) is 11.7. The third-order valence-corrected chi connectivity index (χ3v) is 2.12. The van der Waals surface area contributed by atoms with E-state index in [9.17, 15) is 0 Å². The van der Waals surface area contributed by atoms with Gasteiger partial charge in [-0.2, -0.15) is 0 Å². The molecule has 0 saturated carbocycles. The molecule has 0 radical (unpaired) electrons.